The van der Waals surface area contributed by atoms with Crippen LogP contribution in [0.3, 0.4) is 0 Å². The lowest BCUT2D eigenvalue weighted by Gasteiger charge is -2.40. The summed E-state index contributed by atoms with van der Waals surface area (Å²) >= 11 is 3.72. The molecule has 3 amide bonds. The molecule has 3 aliphatic rings. The summed E-state index contributed by atoms with van der Waals surface area (Å²) in [6.45, 7) is 11.2. The number of allylic oxidation sites excluding steroid dienone is 1. The van der Waals surface area contributed by atoms with Crippen molar-refractivity contribution in [1.29, 1.82) is 0 Å². The van der Waals surface area contributed by atoms with Crippen molar-refractivity contribution >= 4 is 39.6 Å². The summed E-state index contributed by atoms with van der Waals surface area (Å²) in [7, 11) is 0. The lowest BCUT2D eigenvalue weighted by Crippen LogP contribution is -2.60. The highest BCUT2D eigenvalue weighted by atomic mass is 79.9. The fourth-order valence-electron chi connectivity index (χ4n) is 7.64. The van der Waals surface area contributed by atoms with Crippen LogP contribution in [0.1, 0.15) is 50.3 Å². The molecule has 2 aromatic rings. The van der Waals surface area contributed by atoms with E-state index in [0.717, 1.165) is 5.56 Å². The smallest absolute Gasteiger partial charge is 0.313 e. The number of esters is 1. The molecule has 10 nitrogen and oxygen atoms in total. The number of nitrogens with zero attached hydrogens (tertiary/aromatic N) is 2. The number of benzene rings is 2. The highest BCUT2D eigenvalue weighted by molar-refractivity contribution is 9.09. The minimum Gasteiger partial charge on any atom is -0.455 e. The van der Waals surface area contributed by atoms with Gasteiger partial charge in [0.2, 0.25) is 17.7 Å². The van der Waals surface area contributed by atoms with E-state index in [1.807, 2.05) is 74.5 Å². The van der Waals surface area contributed by atoms with E-state index >= 15 is 0 Å². The maximum Gasteiger partial charge on any atom is 0.313 e. The van der Waals surface area contributed by atoms with Crippen LogP contribution in [0.4, 0.5) is 0 Å². The molecule has 2 bridgehead atoms. The van der Waals surface area contributed by atoms with Gasteiger partial charge in [0.1, 0.15) is 17.7 Å². The van der Waals surface area contributed by atoms with Crippen molar-refractivity contribution in [3.05, 3.63) is 97.1 Å². The van der Waals surface area contributed by atoms with Gasteiger partial charge in [0.05, 0.1) is 37.1 Å². The van der Waals surface area contributed by atoms with Gasteiger partial charge in [-0.3, -0.25) is 19.2 Å². The quantitative estimate of drug-likeness (QED) is 0.151. The van der Waals surface area contributed by atoms with E-state index in [4.69, 9.17) is 9.47 Å². The van der Waals surface area contributed by atoms with Crippen molar-refractivity contribution in [2.75, 3.05) is 19.7 Å². The van der Waals surface area contributed by atoms with E-state index in [2.05, 4.69) is 34.4 Å². The number of aliphatic hydroxyl groups is 1. The molecule has 3 aliphatic heterocycles. The SMILES string of the molecule is C=CCCC(=O)NC[C@@H](OC(=O)[C@@H]1[C@H]2O[C@@]3(CC2Br)[C@H](C(=O)N(CC=C)C(C)C)N([C@@H](CO)Cc2ccccc2)C(=O)[C@@H]13)c1ccccc1. The van der Waals surface area contributed by atoms with Crippen LogP contribution in [0.25, 0.3) is 0 Å². The molecule has 8 atom stereocenters. The van der Waals surface area contributed by atoms with Crippen molar-refractivity contribution in [1.82, 2.24) is 15.1 Å². The van der Waals surface area contributed by atoms with Crippen molar-refractivity contribution in [3.8, 4) is 0 Å². The van der Waals surface area contributed by atoms with Crippen LogP contribution in [0.15, 0.2) is 86.0 Å². The Morgan fingerprint density at radius 1 is 1.12 bits per heavy atom. The van der Waals surface area contributed by atoms with E-state index in [-0.39, 0.29) is 42.2 Å². The Kier molecular flexibility index (Phi) is 11.8. The number of carbonyl (C=O) groups excluding carboxylic acids is 4. The largest absolute Gasteiger partial charge is 0.455 e. The van der Waals surface area contributed by atoms with E-state index in [1.165, 1.54) is 4.90 Å². The number of nitrogens with one attached hydrogen (secondary N) is 1. The maximum absolute atomic E-state index is 14.8. The monoisotopic (exact) mass is 735 g/mol. The highest BCUT2D eigenvalue weighted by Crippen LogP contribution is 2.61. The molecule has 3 fully saturated rings. The number of amides is 3. The van der Waals surface area contributed by atoms with Crippen LogP contribution in [-0.2, 0) is 35.1 Å². The molecule has 3 heterocycles. The van der Waals surface area contributed by atoms with Gasteiger partial charge in [0.15, 0.2) is 0 Å². The minimum atomic E-state index is -1.34. The molecule has 2 N–H and O–H groups in total. The Hall–Kier alpha value is -3.80. The molecule has 1 unspecified atom stereocenters. The molecular formula is C38H46BrN3O7. The molecule has 0 aromatic heterocycles. The Morgan fingerprint density at radius 2 is 1.80 bits per heavy atom. The number of aliphatic hydroxyl groups excluding tert-OH is 1. The summed E-state index contributed by atoms with van der Waals surface area (Å²) in [5.41, 5.74) is 0.236. The molecule has 0 aliphatic carbocycles. The highest BCUT2D eigenvalue weighted by Gasteiger charge is 2.77. The van der Waals surface area contributed by atoms with Gasteiger partial charge >= 0.3 is 5.97 Å². The lowest BCUT2D eigenvalue weighted by molar-refractivity contribution is -0.161. The topological polar surface area (TPSA) is 125 Å². The Morgan fingerprint density at radius 3 is 2.41 bits per heavy atom. The zero-order valence-electron chi connectivity index (χ0n) is 28.1. The zero-order valence-corrected chi connectivity index (χ0v) is 29.7. The number of fused-ring (bicyclic) bond motifs is 1. The third-order valence-corrected chi connectivity index (χ3v) is 10.7. The third-order valence-electron chi connectivity index (χ3n) is 9.87. The summed E-state index contributed by atoms with van der Waals surface area (Å²) in [5, 5.41) is 13.6. The molecule has 5 rings (SSSR count). The van der Waals surface area contributed by atoms with Crippen molar-refractivity contribution in [2.45, 2.75) is 80.3 Å². The number of halogens is 1. The first kappa shape index (κ1) is 36.5. The molecule has 0 saturated carbocycles. The maximum atomic E-state index is 14.8. The number of alkyl halides is 1. The van der Waals surface area contributed by atoms with Gasteiger partial charge in [0.25, 0.3) is 0 Å². The van der Waals surface area contributed by atoms with Crippen LogP contribution in [-0.4, -0.2) is 93.0 Å². The Labute approximate surface area is 296 Å². The summed E-state index contributed by atoms with van der Waals surface area (Å²) in [5.74, 6) is -3.65. The summed E-state index contributed by atoms with van der Waals surface area (Å²) in [6, 6.07) is 16.5. The first-order valence-electron chi connectivity index (χ1n) is 16.9. The van der Waals surface area contributed by atoms with E-state index in [9.17, 15) is 24.3 Å². The molecule has 49 heavy (non-hydrogen) atoms. The molecule has 11 heteroatoms. The van der Waals surface area contributed by atoms with Gasteiger partial charge in [-0.05, 0) is 44.2 Å². The number of ether oxygens (including phenoxy) is 2. The Balaban J connectivity index is 1.51. The second-order valence-electron chi connectivity index (χ2n) is 13.3. The Bertz CT molecular complexity index is 1520. The second-order valence-corrected chi connectivity index (χ2v) is 14.5. The summed E-state index contributed by atoms with van der Waals surface area (Å²) in [4.78, 5) is 59.0. The average Bonchev–Trinajstić information content (AvgIpc) is 3.70. The average molecular weight is 737 g/mol. The fourth-order valence-corrected chi connectivity index (χ4v) is 8.58. The van der Waals surface area contributed by atoms with Crippen molar-refractivity contribution in [3.63, 3.8) is 0 Å². The van der Waals surface area contributed by atoms with Crippen molar-refractivity contribution in [2.24, 2.45) is 11.8 Å². The minimum absolute atomic E-state index is 0.0350. The normalized spacial score (nSPS) is 26.6. The molecule has 0 radical (unpaired) electrons. The van der Waals surface area contributed by atoms with Crippen LogP contribution in [0.5, 0.6) is 0 Å². The standard InChI is InChI=1S/C38H46BrN3O7/c1-5-7-18-30(44)40-22-29(26-16-12-9-13-17-26)48-37(47)31-32-35(45)42(27(23-43)20-25-14-10-8-11-15-25)34(36(46)41(19-6-2)24(3)4)38(32)21-28(39)33(31)49-38/h5-6,8-17,24,27-29,31-34,43H,1-2,7,18-23H2,3-4H3,(H,40,44)/t27-,28?,29-,31+,32-,33+,34+,38-/m1/s1. The van der Waals surface area contributed by atoms with Crippen LogP contribution < -0.4 is 5.32 Å². The number of hydrogen-bond donors (Lipinski definition) is 2. The lowest BCUT2D eigenvalue weighted by atomic mass is 9.70. The van der Waals surface area contributed by atoms with E-state index in [0.29, 0.717) is 24.8 Å². The van der Waals surface area contributed by atoms with Gasteiger partial charge < -0.3 is 29.7 Å². The predicted octanol–water partition coefficient (Wildman–Crippen LogP) is 4.13. The number of rotatable bonds is 16. The van der Waals surface area contributed by atoms with Gasteiger partial charge in [-0.2, -0.15) is 0 Å². The van der Waals surface area contributed by atoms with Gasteiger partial charge in [-0.25, -0.2) is 0 Å². The molecule has 3 saturated heterocycles. The fraction of sp³-hybridized carbons (Fsp3) is 0.474. The van der Waals surface area contributed by atoms with Gasteiger partial charge in [-0.15, -0.1) is 13.2 Å². The van der Waals surface area contributed by atoms with E-state index in [1.54, 1.807) is 17.1 Å². The van der Waals surface area contributed by atoms with Crippen LogP contribution in [0.2, 0.25) is 0 Å². The first-order chi connectivity index (χ1) is 23.6. The first-order valence-corrected chi connectivity index (χ1v) is 17.8. The summed E-state index contributed by atoms with van der Waals surface area (Å²) < 4.78 is 12.9. The second kappa shape index (κ2) is 15.8. The number of likely N-dealkylation sites (tertiary alicyclic amines) is 1. The van der Waals surface area contributed by atoms with Crippen molar-refractivity contribution < 1.29 is 33.8 Å². The van der Waals surface area contributed by atoms with E-state index < -0.39 is 60.2 Å². The van der Waals surface area contributed by atoms with Crippen LogP contribution >= 0.6 is 15.9 Å². The molecular weight excluding hydrogens is 690 g/mol. The zero-order chi connectivity index (χ0) is 35.3. The third kappa shape index (κ3) is 7.25. The number of carbonyl (C=O) groups is 4. The molecule has 262 valence electrons. The number of hydrogen-bond acceptors (Lipinski definition) is 7. The van der Waals surface area contributed by atoms with Crippen LogP contribution in [0, 0.1) is 11.8 Å². The summed E-state index contributed by atoms with van der Waals surface area (Å²) in [6.07, 6.45) is 3.12. The van der Waals surface area contributed by atoms with Gasteiger partial charge in [0, 0.05) is 23.8 Å². The molecule has 1 spiro atoms. The van der Waals surface area contributed by atoms with Gasteiger partial charge in [-0.1, -0.05) is 88.7 Å². The predicted molar refractivity (Wildman–Crippen MR) is 188 cm³/mol. The molecule has 2 aromatic carbocycles.